The Morgan fingerprint density at radius 3 is 2.20 bits per heavy atom. The maximum Gasteiger partial charge on any atom is 0.322 e. The highest BCUT2D eigenvalue weighted by molar-refractivity contribution is 7.89. The van der Waals surface area contributed by atoms with E-state index < -0.39 is 22.0 Å². The van der Waals surface area contributed by atoms with E-state index in [0.717, 1.165) is 18.4 Å². The molecule has 5 nitrogen and oxygen atoms in total. The third-order valence-electron chi connectivity index (χ3n) is 3.45. The first-order valence-corrected chi connectivity index (χ1v) is 8.14. The van der Waals surface area contributed by atoms with E-state index in [9.17, 15) is 13.2 Å². The van der Waals surface area contributed by atoms with Gasteiger partial charge in [0.15, 0.2) is 0 Å². The van der Waals surface area contributed by atoms with E-state index in [0.29, 0.717) is 5.92 Å². The molecule has 0 unspecified atom stereocenters. The number of benzene rings is 1. The van der Waals surface area contributed by atoms with E-state index in [2.05, 4.69) is 4.72 Å². The summed E-state index contributed by atoms with van der Waals surface area (Å²) in [6.07, 6.45) is 2.30. The lowest BCUT2D eigenvalue weighted by Gasteiger charge is -2.18. The molecule has 0 bridgehead atoms. The van der Waals surface area contributed by atoms with Crippen LogP contribution in [-0.2, 0) is 14.8 Å². The van der Waals surface area contributed by atoms with Crippen LogP contribution in [0.25, 0.3) is 0 Å². The molecule has 0 aliphatic heterocycles. The number of hydrogen-bond acceptors (Lipinski definition) is 3. The molecule has 0 radical (unpaired) electrons. The Balaban J connectivity index is 2.18. The van der Waals surface area contributed by atoms with Crippen molar-refractivity contribution in [1.29, 1.82) is 0 Å². The minimum absolute atomic E-state index is 0.105. The lowest BCUT2D eigenvalue weighted by molar-refractivity contribution is -0.140. The van der Waals surface area contributed by atoms with Gasteiger partial charge < -0.3 is 5.11 Å². The first-order valence-electron chi connectivity index (χ1n) is 6.66. The van der Waals surface area contributed by atoms with Crippen molar-refractivity contribution in [2.24, 2.45) is 5.92 Å². The van der Waals surface area contributed by atoms with E-state index in [1.807, 2.05) is 0 Å². The first kappa shape index (κ1) is 15.0. The standard InChI is InChI=1S/C14H19NO4S/c1-9(2)13(14(16)17)15-20(18,19)12-7-5-11(6-8-12)10-3-4-10/h5-10,13,15H,3-4H2,1-2H3,(H,16,17)/t13-/m0/s1. The number of sulfonamides is 1. The average molecular weight is 297 g/mol. The van der Waals surface area contributed by atoms with Gasteiger partial charge in [-0.05, 0) is 42.4 Å². The number of carbonyl (C=O) groups is 1. The van der Waals surface area contributed by atoms with Gasteiger partial charge in [-0.25, -0.2) is 8.42 Å². The third-order valence-corrected chi connectivity index (χ3v) is 4.91. The zero-order valence-corrected chi connectivity index (χ0v) is 12.4. The summed E-state index contributed by atoms with van der Waals surface area (Å²) in [5.41, 5.74) is 1.14. The molecule has 110 valence electrons. The molecule has 6 heteroatoms. The summed E-state index contributed by atoms with van der Waals surface area (Å²) >= 11 is 0. The number of aliphatic carboxylic acids is 1. The Bertz CT molecular complexity index is 588. The van der Waals surface area contributed by atoms with E-state index >= 15 is 0 Å². The molecule has 1 atom stereocenters. The minimum atomic E-state index is -3.80. The molecule has 1 aliphatic carbocycles. The molecular weight excluding hydrogens is 278 g/mol. The summed E-state index contributed by atoms with van der Waals surface area (Å²) in [7, 11) is -3.80. The normalized spacial score (nSPS) is 17.1. The quantitative estimate of drug-likeness (QED) is 0.840. The summed E-state index contributed by atoms with van der Waals surface area (Å²) in [5, 5.41) is 9.05. The second-order valence-electron chi connectivity index (χ2n) is 5.52. The first-order chi connectivity index (χ1) is 9.31. The molecule has 0 heterocycles. The zero-order valence-electron chi connectivity index (χ0n) is 11.5. The highest BCUT2D eigenvalue weighted by Gasteiger charge is 2.28. The van der Waals surface area contributed by atoms with Gasteiger partial charge in [0.2, 0.25) is 10.0 Å². The summed E-state index contributed by atoms with van der Waals surface area (Å²) in [6.45, 7) is 3.33. The molecule has 0 saturated heterocycles. The van der Waals surface area contributed by atoms with Crippen LogP contribution in [0, 0.1) is 5.92 Å². The second kappa shape index (κ2) is 5.54. The van der Waals surface area contributed by atoms with Gasteiger partial charge in [0, 0.05) is 0 Å². The van der Waals surface area contributed by atoms with Gasteiger partial charge in [0.1, 0.15) is 6.04 Å². The lowest BCUT2D eigenvalue weighted by Crippen LogP contribution is -2.44. The number of nitrogens with one attached hydrogen (secondary N) is 1. The molecule has 0 amide bonds. The van der Waals surface area contributed by atoms with Crippen LogP contribution in [0.4, 0.5) is 0 Å². The summed E-state index contributed by atoms with van der Waals surface area (Å²) in [5.74, 6) is -0.937. The Morgan fingerprint density at radius 2 is 1.80 bits per heavy atom. The fraction of sp³-hybridized carbons (Fsp3) is 0.500. The Kier molecular flexibility index (Phi) is 4.15. The average Bonchev–Trinajstić information content (AvgIpc) is 3.20. The Morgan fingerprint density at radius 1 is 1.25 bits per heavy atom. The molecule has 1 fully saturated rings. The van der Waals surface area contributed by atoms with Gasteiger partial charge in [0.05, 0.1) is 4.90 Å². The van der Waals surface area contributed by atoms with E-state index in [-0.39, 0.29) is 10.8 Å². The largest absolute Gasteiger partial charge is 0.480 e. The van der Waals surface area contributed by atoms with E-state index in [4.69, 9.17) is 5.11 Å². The Labute approximate surface area is 119 Å². The SMILES string of the molecule is CC(C)[C@H](NS(=O)(=O)c1ccc(C2CC2)cc1)C(=O)O. The van der Waals surface area contributed by atoms with Gasteiger partial charge in [0.25, 0.3) is 0 Å². The molecule has 1 aromatic carbocycles. The molecule has 1 aliphatic rings. The van der Waals surface area contributed by atoms with Crippen LogP contribution in [0.2, 0.25) is 0 Å². The van der Waals surface area contributed by atoms with Crippen LogP contribution in [0.1, 0.15) is 38.2 Å². The smallest absolute Gasteiger partial charge is 0.322 e. The molecule has 2 rings (SSSR count). The summed E-state index contributed by atoms with van der Waals surface area (Å²) < 4.78 is 26.6. The third kappa shape index (κ3) is 3.37. The zero-order chi connectivity index (χ0) is 14.9. The highest BCUT2D eigenvalue weighted by atomic mass is 32.2. The molecular formula is C14H19NO4S. The van der Waals surface area contributed by atoms with Crippen molar-refractivity contribution in [3.8, 4) is 0 Å². The van der Waals surface area contributed by atoms with Gasteiger partial charge in [-0.2, -0.15) is 4.72 Å². The number of carboxylic acids is 1. The maximum atomic E-state index is 12.2. The predicted octanol–water partition coefficient (Wildman–Crippen LogP) is 1.95. The number of rotatable bonds is 6. The van der Waals surface area contributed by atoms with Crippen LogP contribution in [-0.4, -0.2) is 25.5 Å². The van der Waals surface area contributed by atoms with Gasteiger partial charge in [-0.1, -0.05) is 26.0 Å². The molecule has 20 heavy (non-hydrogen) atoms. The highest BCUT2D eigenvalue weighted by Crippen LogP contribution is 2.40. The van der Waals surface area contributed by atoms with Crippen molar-refractivity contribution < 1.29 is 18.3 Å². The number of hydrogen-bond donors (Lipinski definition) is 2. The molecule has 1 saturated carbocycles. The molecule has 1 aromatic rings. The topological polar surface area (TPSA) is 83.5 Å². The fourth-order valence-corrected chi connectivity index (χ4v) is 3.38. The molecule has 0 spiro atoms. The van der Waals surface area contributed by atoms with E-state index in [1.165, 1.54) is 12.1 Å². The van der Waals surface area contributed by atoms with Crippen LogP contribution < -0.4 is 4.72 Å². The fourth-order valence-electron chi connectivity index (χ4n) is 2.04. The number of carboxylic acid groups (broad SMARTS) is 1. The maximum absolute atomic E-state index is 12.2. The van der Waals surface area contributed by atoms with E-state index in [1.54, 1.807) is 26.0 Å². The van der Waals surface area contributed by atoms with Gasteiger partial charge >= 0.3 is 5.97 Å². The van der Waals surface area contributed by atoms with Crippen LogP contribution >= 0.6 is 0 Å². The lowest BCUT2D eigenvalue weighted by atomic mass is 10.1. The van der Waals surface area contributed by atoms with Crippen molar-refractivity contribution in [2.45, 2.75) is 43.5 Å². The van der Waals surface area contributed by atoms with Crippen molar-refractivity contribution in [3.05, 3.63) is 29.8 Å². The summed E-state index contributed by atoms with van der Waals surface area (Å²) in [4.78, 5) is 11.2. The monoisotopic (exact) mass is 297 g/mol. The minimum Gasteiger partial charge on any atom is -0.480 e. The van der Waals surface area contributed by atoms with Crippen molar-refractivity contribution in [2.75, 3.05) is 0 Å². The molecule has 2 N–H and O–H groups in total. The van der Waals surface area contributed by atoms with Gasteiger partial charge in [-0.15, -0.1) is 0 Å². The van der Waals surface area contributed by atoms with Crippen LogP contribution in [0.15, 0.2) is 29.2 Å². The van der Waals surface area contributed by atoms with Crippen molar-refractivity contribution in [3.63, 3.8) is 0 Å². The van der Waals surface area contributed by atoms with Crippen molar-refractivity contribution in [1.82, 2.24) is 4.72 Å². The predicted molar refractivity (Wildman–Crippen MR) is 75.0 cm³/mol. The van der Waals surface area contributed by atoms with Crippen LogP contribution in [0.5, 0.6) is 0 Å². The summed E-state index contributed by atoms with van der Waals surface area (Å²) in [6, 6.07) is 5.56. The Hall–Kier alpha value is -1.40. The molecule has 0 aromatic heterocycles. The van der Waals surface area contributed by atoms with Gasteiger partial charge in [-0.3, -0.25) is 4.79 Å². The van der Waals surface area contributed by atoms with Crippen molar-refractivity contribution >= 4 is 16.0 Å². The second-order valence-corrected chi connectivity index (χ2v) is 7.24. The van der Waals surface area contributed by atoms with Crippen LogP contribution in [0.3, 0.4) is 0 Å².